The number of nitrogen functional groups attached to an aromatic ring is 1. The van der Waals surface area contributed by atoms with Crippen LogP contribution in [-0.4, -0.2) is 4.98 Å². The molecular weight excluding hydrogens is 207 g/mol. The molecule has 0 radical (unpaired) electrons. The number of benzene rings is 1. The number of aryl methyl sites for hydroxylation is 1. The van der Waals surface area contributed by atoms with Gasteiger partial charge < -0.3 is 10.5 Å². The van der Waals surface area contributed by atoms with Crippen LogP contribution in [0.15, 0.2) is 36.5 Å². The van der Waals surface area contributed by atoms with Crippen molar-refractivity contribution < 1.29 is 9.13 Å². The molecule has 16 heavy (non-hydrogen) atoms. The van der Waals surface area contributed by atoms with Crippen molar-refractivity contribution in [3.63, 3.8) is 0 Å². The van der Waals surface area contributed by atoms with E-state index in [0.717, 1.165) is 5.56 Å². The van der Waals surface area contributed by atoms with E-state index in [0.29, 0.717) is 17.3 Å². The number of halogens is 1. The summed E-state index contributed by atoms with van der Waals surface area (Å²) in [7, 11) is 0. The first-order valence-corrected chi connectivity index (χ1v) is 4.81. The third kappa shape index (κ3) is 2.28. The second-order valence-electron chi connectivity index (χ2n) is 3.44. The van der Waals surface area contributed by atoms with Crippen molar-refractivity contribution in [2.24, 2.45) is 0 Å². The lowest BCUT2D eigenvalue weighted by molar-refractivity contribution is 0.461. The normalized spacial score (nSPS) is 10.1. The number of rotatable bonds is 2. The summed E-state index contributed by atoms with van der Waals surface area (Å²) in [6.07, 6.45) is 1.63. The number of nitrogens with two attached hydrogens (primary N) is 1. The molecule has 2 aromatic rings. The van der Waals surface area contributed by atoms with Crippen LogP contribution in [0.3, 0.4) is 0 Å². The molecule has 0 spiro atoms. The molecule has 0 atom stereocenters. The molecule has 0 saturated carbocycles. The van der Waals surface area contributed by atoms with Crippen LogP contribution < -0.4 is 10.5 Å². The Morgan fingerprint density at radius 2 is 1.94 bits per heavy atom. The van der Waals surface area contributed by atoms with E-state index in [4.69, 9.17) is 10.5 Å². The van der Waals surface area contributed by atoms with E-state index in [1.165, 1.54) is 24.3 Å². The molecule has 0 amide bonds. The molecule has 0 aliphatic carbocycles. The Labute approximate surface area is 92.7 Å². The number of ether oxygens (including phenoxy) is 1. The number of hydrogen-bond donors (Lipinski definition) is 1. The summed E-state index contributed by atoms with van der Waals surface area (Å²) < 4.78 is 18.1. The highest BCUT2D eigenvalue weighted by atomic mass is 19.1. The summed E-state index contributed by atoms with van der Waals surface area (Å²) in [5.74, 6) is 0.621. The van der Waals surface area contributed by atoms with Crippen molar-refractivity contribution >= 4 is 5.69 Å². The van der Waals surface area contributed by atoms with E-state index in [9.17, 15) is 4.39 Å². The van der Waals surface area contributed by atoms with E-state index in [2.05, 4.69) is 4.98 Å². The Morgan fingerprint density at radius 1 is 1.25 bits per heavy atom. The van der Waals surface area contributed by atoms with Crippen LogP contribution in [0, 0.1) is 12.7 Å². The van der Waals surface area contributed by atoms with Crippen molar-refractivity contribution in [2.75, 3.05) is 5.73 Å². The van der Waals surface area contributed by atoms with Gasteiger partial charge in [0, 0.05) is 18.0 Å². The van der Waals surface area contributed by atoms with Gasteiger partial charge in [0.25, 0.3) is 0 Å². The van der Waals surface area contributed by atoms with Gasteiger partial charge >= 0.3 is 0 Å². The lowest BCUT2D eigenvalue weighted by atomic mass is 10.3. The van der Waals surface area contributed by atoms with Gasteiger partial charge in [-0.2, -0.15) is 0 Å². The van der Waals surface area contributed by atoms with Gasteiger partial charge in [-0.25, -0.2) is 9.37 Å². The van der Waals surface area contributed by atoms with Gasteiger partial charge in [-0.15, -0.1) is 0 Å². The number of hydrogen-bond acceptors (Lipinski definition) is 3. The molecular formula is C12H11FN2O. The Balaban J connectivity index is 2.20. The third-order valence-electron chi connectivity index (χ3n) is 2.16. The lowest BCUT2D eigenvalue weighted by Gasteiger charge is -2.06. The smallest absolute Gasteiger partial charge is 0.221 e. The number of nitrogens with zero attached hydrogens (tertiary/aromatic N) is 1. The summed E-state index contributed by atoms with van der Waals surface area (Å²) in [5, 5.41) is 0. The van der Waals surface area contributed by atoms with Crippen molar-refractivity contribution in [3.05, 3.63) is 47.9 Å². The molecule has 0 unspecified atom stereocenters. The van der Waals surface area contributed by atoms with E-state index in [-0.39, 0.29) is 5.82 Å². The van der Waals surface area contributed by atoms with Crippen LogP contribution >= 0.6 is 0 Å². The van der Waals surface area contributed by atoms with Crippen LogP contribution in [-0.2, 0) is 0 Å². The molecule has 2 rings (SSSR count). The average Bonchev–Trinajstić information content (AvgIpc) is 2.27. The van der Waals surface area contributed by atoms with Gasteiger partial charge in [0.05, 0.1) is 0 Å². The maximum atomic E-state index is 12.7. The molecule has 82 valence electrons. The monoisotopic (exact) mass is 218 g/mol. The second-order valence-corrected chi connectivity index (χ2v) is 3.44. The number of aromatic nitrogens is 1. The molecule has 1 heterocycles. The topological polar surface area (TPSA) is 48.1 Å². The number of pyridine rings is 1. The summed E-state index contributed by atoms with van der Waals surface area (Å²) in [6, 6.07) is 7.36. The molecule has 0 aliphatic heterocycles. The maximum Gasteiger partial charge on any atom is 0.221 e. The zero-order valence-electron chi connectivity index (χ0n) is 8.77. The highest BCUT2D eigenvalue weighted by Crippen LogP contribution is 2.22. The Morgan fingerprint density at radius 3 is 2.56 bits per heavy atom. The minimum Gasteiger partial charge on any atom is -0.439 e. The zero-order chi connectivity index (χ0) is 11.5. The number of anilines is 1. The van der Waals surface area contributed by atoms with Crippen LogP contribution in [0.5, 0.6) is 11.6 Å². The molecule has 1 aromatic heterocycles. The van der Waals surface area contributed by atoms with Crippen LogP contribution in [0.25, 0.3) is 0 Å². The van der Waals surface area contributed by atoms with Crippen LogP contribution in [0.2, 0.25) is 0 Å². The van der Waals surface area contributed by atoms with Crippen molar-refractivity contribution in [1.29, 1.82) is 0 Å². The minimum atomic E-state index is -0.302. The fourth-order valence-electron chi connectivity index (χ4n) is 1.20. The minimum absolute atomic E-state index is 0.302. The van der Waals surface area contributed by atoms with Gasteiger partial charge in [-0.1, -0.05) is 0 Å². The maximum absolute atomic E-state index is 12.7. The summed E-state index contributed by atoms with van der Waals surface area (Å²) in [4.78, 5) is 4.06. The van der Waals surface area contributed by atoms with E-state index in [1.807, 2.05) is 6.92 Å². The zero-order valence-corrected chi connectivity index (χ0v) is 8.77. The van der Waals surface area contributed by atoms with E-state index >= 15 is 0 Å². The molecule has 3 nitrogen and oxygen atoms in total. The molecule has 2 N–H and O–H groups in total. The molecule has 0 bridgehead atoms. The Hall–Kier alpha value is -2.10. The van der Waals surface area contributed by atoms with Gasteiger partial charge in [0.1, 0.15) is 11.6 Å². The Kier molecular flexibility index (Phi) is 2.72. The van der Waals surface area contributed by atoms with Crippen molar-refractivity contribution in [1.82, 2.24) is 4.98 Å². The van der Waals surface area contributed by atoms with Crippen molar-refractivity contribution in [3.8, 4) is 11.6 Å². The molecule has 0 fully saturated rings. The van der Waals surface area contributed by atoms with E-state index in [1.54, 1.807) is 12.3 Å². The standard InChI is InChI=1S/C12H11FN2O/c1-8-7-15-12(6-11(8)14)16-10-4-2-9(13)3-5-10/h2-7H,1H3,(H2,14,15). The van der Waals surface area contributed by atoms with Crippen LogP contribution in [0.4, 0.5) is 10.1 Å². The van der Waals surface area contributed by atoms with Gasteiger partial charge in [0.15, 0.2) is 0 Å². The SMILES string of the molecule is Cc1cnc(Oc2ccc(F)cc2)cc1N. The molecule has 0 aliphatic rings. The first-order chi connectivity index (χ1) is 7.65. The molecule has 4 heteroatoms. The van der Waals surface area contributed by atoms with Gasteiger partial charge in [-0.3, -0.25) is 0 Å². The second kappa shape index (κ2) is 4.18. The summed E-state index contributed by atoms with van der Waals surface area (Å²) in [5.41, 5.74) is 7.23. The molecule has 0 saturated heterocycles. The summed E-state index contributed by atoms with van der Waals surface area (Å²) in [6.45, 7) is 1.87. The molecule has 1 aromatic carbocycles. The highest BCUT2D eigenvalue weighted by molar-refractivity contribution is 5.47. The predicted octanol–water partition coefficient (Wildman–Crippen LogP) is 2.90. The van der Waals surface area contributed by atoms with Gasteiger partial charge in [0.2, 0.25) is 5.88 Å². The summed E-state index contributed by atoms with van der Waals surface area (Å²) >= 11 is 0. The third-order valence-corrected chi connectivity index (χ3v) is 2.16. The fraction of sp³-hybridized carbons (Fsp3) is 0.0833. The van der Waals surface area contributed by atoms with Crippen LogP contribution in [0.1, 0.15) is 5.56 Å². The highest BCUT2D eigenvalue weighted by Gasteiger charge is 2.01. The average molecular weight is 218 g/mol. The largest absolute Gasteiger partial charge is 0.439 e. The Bertz CT molecular complexity index is 497. The fourth-order valence-corrected chi connectivity index (χ4v) is 1.20. The first kappa shape index (κ1) is 10.4. The lowest BCUT2D eigenvalue weighted by Crippen LogP contribution is -1.94. The van der Waals surface area contributed by atoms with Gasteiger partial charge in [-0.05, 0) is 36.8 Å². The van der Waals surface area contributed by atoms with Crippen molar-refractivity contribution in [2.45, 2.75) is 6.92 Å². The van der Waals surface area contributed by atoms with E-state index < -0.39 is 0 Å². The first-order valence-electron chi connectivity index (χ1n) is 4.81. The predicted molar refractivity (Wildman–Crippen MR) is 59.9 cm³/mol. The quantitative estimate of drug-likeness (QED) is 0.843.